The zero-order valence-corrected chi connectivity index (χ0v) is 14.9. The molecule has 3 aliphatic rings. The van der Waals surface area contributed by atoms with Crippen LogP contribution >= 0.6 is 0 Å². The van der Waals surface area contributed by atoms with Crippen LogP contribution in [0.1, 0.15) is 54.1 Å². The lowest BCUT2D eigenvalue weighted by molar-refractivity contribution is -0.611. The number of aryl methyl sites for hydroxylation is 2. The van der Waals surface area contributed by atoms with Crippen LogP contribution in [0.15, 0.2) is 54.6 Å². The first kappa shape index (κ1) is 14.2. The van der Waals surface area contributed by atoms with Crippen molar-refractivity contribution < 1.29 is 4.58 Å². The van der Waals surface area contributed by atoms with Gasteiger partial charge >= 0.3 is 0 Å². The highest BCUT2D eigenvalue weighted by Crippen LogP contribution is 2.66. The summed E-state index contributed by atoms with van der Waals surface area (Å²) in [6, 6.07) is 16.0. The lowest BCUT2D eigenvalue weighted by Gasteiger charge is -2.31. The second-order valence-electron chi connectivity index (χ2n) is 8.25. The Kier molecular flexibility index (Phi) is 2.53. The van der Waals surface area contributed by atoms with Crippen molar-refractivity contribution in [2.45, 2.75) is 51.1 Å². The lowest BCUT2D eigenvalue weighted by atomic mass is 9.79. The van der Waals surface area contributed by atoms with E-state index in [0.717, 1.165) is 0 Å². The first-order valence-corrected chi connectivity index (χ1v) is 8.97. The molecule has 0 aromatic heterocycles. The largest absolute Gasteiger partial charge is 0.213 e. The number of hydrogen-bond acceptors (Lipinski definition) is 0. The van der Waals surface area contributed by atoms with E-state index in [4.69, 9.17) is 0 Å². The van der Waals surface area contributed by atoms with Crippen molar-refractivity contribution in [1.29, 1.82) is 0 Å². The summed E-state index contributed by atoms with van der Waals surface area (Å²) in [5.74, 6) is 0. The number of fused-ring (bicyclic) bond motifs is 6. The molecule has 2 aliphatic heterocycles. The molecule has 1 heteroatoms. The first-order valence-electron chi connectivity index (χ1n) is 8.97. The second kappa shape index (κ2) is 4.27. The number of rotatable bonds is 1. The average Bonchev–Trinajstić information content (AvgIpc) is 2.93. The van der Waals surface area contributed by atoms with E-state index in [1.165, 1.54) is 28.8 Å². The molecule has 2 aromatic carbocycles. The molecule has 1 fully saturated rings. The second-order valence-corrected chi connectivity index (χ2v) is 8.25. The van der Waals surface area contributed by atoms with E-state index in [1.807, 2.05) is 0 Å². The van der Waals surface area contributed by atoms with Gasteiger partial charge in [-0.1, -0.05) is 35.9 Å². The number of allylic oxidation sites excluding steroid dienone is 1. The topological polar surface area (TPSA) is 3.01 Å². The molecule has 0 amide bonds. The van der Waals surface area contributed by atoms with Crippen LogP contribution in [0.25, 0.3) is 0 Å². The molecule has 120 valence electrons. The Morgan fingerprint density at radius 3 is 2.54 bits per heavy atom. The summed E-state index contributed by atoms with van der Waals surface area (Å²) in [4.78, 5) is 0. The van der Waals surface area contributed by atoms with E-state index in [9.17, 15) is 0 Å². The van der Waals surface area contributed by atoms with Crippen LogP contribution in [0.3, 0.4) is 0 Å². The van der Waals surface area contributed by atoms with Crippen molar-refractivity contribution in [3.05, 3.63) is 82.4 Å². The van der Waals surface area contributed by atoms with Crippen molar-refractivity contribution in [1.82, 2.24) is 0 Å². The van der Waals surface area contributed by atoms with E-state index in [1.54, 1.807) is 11.1 Å². The smallest absolute Gasteiger partial charge is 0.208 e. The highest BCUT2D eigenvalue weighted by molar-refractivity contribution is 6.06. The van der Waals surface area contributed by atoms with Crippen molar-refractivity contribution in [3.63, 3.8) is 0 Å². The fourth-order valence-electron chi connectivity index (χ4n) is 5.35. The van der Waals surface area contributed by atoms with Gasteiger partial charge in [0.2, 0.25) is 5.71 Å². The molecule has 2 aromatic rings. The van der Waals surface area contributed by atoms with Crippen LogP contribution in [0.4, 0.5) is 0 Å². The maximum atomic E-state index is 2.70. The van der Waals surface area contributed by atoms with Crippen molar-refractivity contribution >= 4 is 5.71 Å². The molecule has 1 aliphatic carbocycles. The van der Waals surface area contributed by atoms with E-state index in [2.05, 4.69) is 86.9 Å². The summed E-state index contributed by atoms with van der Waals surface area (Å²) in [5, 5.41) is 0. The van der Waals surface area contributed by atoms with Gasteiger partial charge in [-0.25, -0.2) is 4.58 Å². The summed E-state index contributed by atoms with van der Waals surface area (Å²) in [5.41, 5.74) is 9.17. The third-order valence-corrected chi connectivity index (χ3v) is 6.76. The Morgan fingerprint density at radius 2 is 1.79 bits per heavy atom. The molecule has 0 saturated heterocycles. The third kappa shape index (κ3) is 1.53. The van der Waals surface area contributed by atoms with Gasteiger partial charge in [0.25, 0.3) is 0 Å². The van der Waals surface area contributed by atoms with Crippen molar-refractivity contribution in [2.75, 3.05) is 0 Å². The van der Waals surface area contributed by atoms with Crippen LogP contribution in [0.5, 0.6) is 0 Å². The average molecular weight is 314 g/mol. The van der Waals surface area contributed by atoms with Gasteiger partial charge in [0, 0.05) is 30.5 Å². The maximum absolute atomic E-state index is 2.70. The molecule has 5 rings (SSSR count). The van der Waals surface area contributed by atoms with Crippen LogP contribution in [-0.4, -0.2) is 15.8 Å². The van der Waals surface area contributed by atoms with Crippen LogP contribution in [0.2, 0.25) is 0 Å². The van der Waals surface area contributed by atoms with E-state index in [-0.39, 0.29) is 11.0 Å². The summed E-state index contributed by atoms with van der Waals surface area (Å²) in [6.07, 6.45) is 6.00. The molecule has 0 radical (unpaired) electrons. The molecule has 1 saturated carbocycles. The monoisotopic (exact) mass is 314 g/mol. The fourth-order valence-corrected chi connectivity index (χ4v) is 5.35. The summed E-state index contributed by atoms with van der Waals surface area (Å²) in [7, 11) is 0. The molecule has 2 heterocycles. The minimum absolute atomic E-state index is 0.222. The number of nitrogens with zero attached hydrogens (tertiary/aromatic N) is 1. The van der Waals surface area contributed by atoms with Crippen molar-refractivity contribution in [2.24, 2.45) is 0 Å². The van der Waals surface area contributed by atoms with Gasteiger partial charge < -0.3 is 0 Å². The Hall–Kier alpha value is -2.15. The maximum Gasteiger partial charge on any atom is 0.208 e. The molecule has 0 spiro atoms. The van der Waals surface area contributed by atoms with Crippen LogP contribution in [-0.2, 0) is 5.41 Å². The molecule has 0 bridgehead atoms. The summed E-state index contributed by atoms with van der Waals surface area (Å²) >= 11 is 0. The Bertz CT molecular complexity index is 934. The molecular weight excluding hydrogens is 290 g/mol. The van der Waals surface area contributed by atoms with Gasteiger partial charge in [-0.15, -0.1) is 0 Å². The van der Waals surface area contributed by atoms with Crippen molar-refractivity contribution in [3.8, 4) is 0 Å². The minimum atomic E-state index is 0.222. The number of hydrogen-bond donors (Lipinski definition) is 0. The third-order valence-electron chi connectivity index (χ3n) is 6.76. The predicted octanol–water partition coefficient (Wildman–Crippen LogP) is 4.85. The van der Waals surface area contributed by atoms with Gasteiger partial charge in [0.15, 0.2) is 11.6 Å². The lowest BCUT2D eigenvalue weighted by Crippen LogP contribution is -2.41. The van der Waals surface area contributed by atoms with Gasteiger partial charge in [0.1, 0.15) is 0 Å². The summed E-state index contributed by atoms with van der Waals surface area (Å²) < 4.78 is 2.70. The predicted molar refractivity (Wildman–Crippen MR) is 99.0 cm³/mol. The van der Waals surface area contributed by atoms with E-state index >= 15 is 0 Å². The first-order chi connectivity index (χ1) is 11.5. The highest BCUT2D eigenvalue weighted by Gasteiger charge is 2.75. The summed E-state index contributed by atoms with van der Waals surface area (Å²) in [6.45, 7) is 9.43. The Morgan fingerprint density at radius 1 is 1.04 bits per heavy atom. The Balaban J connectivity index is 1.82. The van der Waals surface area contributed by atoms with Gasteiger partial charge in [-0.3, -0.25) is 0 Å². The Labute approximate surface area is 144 Å². The van der Waals surface area contributed by atoms with Gasteiger partial charge in [0.05, 0.1) is 5.41 Å². The molecule has 0 N–H and O–H groups in total. The zero-order valence-electron chi connectivity index (χ0n) is 14.9. The zero-order chi connectivity index (χ0) is 16.7. The molecule has 3 unspecified atom stereocenters. The standard InChI is InChI=1S/C23H24N/c1-15-12-16(2)21-18(13-15)22(3)14-23(22,4)24-19(10-11-20(21)24)17-8-6-5-7-9-17/h5-13,20H,14H2,1-4H3/q+1. The fraction of sp³-hybridized carbons (Fsp3) is 0.348. The van der Waals surface area contributed by atoms with Crippen LogP contribution in [0, 0.1) is 13.8 Å². The normalized spacial score (nSPS) is 32.4. The number of benzene rings is 2. The minimum Gasteiger partial charge on any atom is -0.213 e. The highest BCUT2D eigenvalue weighted by atomic mass is 15.2. The molecular formula is C23H24N+. The molecule has 3 atom stereocenters. The van der Waals surface area contributed by atoms with Gasteiger partial charge in [-0.2, -0.15) is 0 Å². The quantitative estimate of drug-likeness (QED) is 0.662. The molecule has 1 nitrogen and oxygen atoms in total. The van der Waals surface area contributed by atoms with Gasteiger partial charge in [-0.05, 0) is 50.1 Å². The van der Waals surface area contributed by atoms with E-state index < -0.39 is 0 Å². The molecule has 24 heavy (non-hydrogen) atoms. The van der Waals surface area contributed by atoms with E-state index in [0.29, 0.717) is 6.04 Å². The van der Waals surface area contributed by atoms with Crippen LogP contribution < -0.4 is 0 Å². The SMILES string of the molecule is Cc1cc(C)c2c(c1)C1(C)CC1(C)[N+]1=C(c3ccccc3)C=CC21.